The third-order valence-corrected chi connectivity index (χ3v) is 3.82. The Labute approximate surface area is 105 Å². The third kappa shape index (κ3) is 2.08. The van der Waals surface area contributed by atoms with Crippen LogP contribution in [0.25, 0.3) is 10.9 Å². The van der Waals surface area contributed by atoms with Gasteiger partial charge in [0.15, 0.2) is 0 Å². The first-order chi connectivity index (χ1) is 8.33. The number of hydrogen-bond acceptors (Lipinski definition) is 1. The molecule has 0 radical (unpaired) electrons. The monoisotopic (exact) mass is 239 g/mol. The van der Waals surface area contributed by atoms with Crippen LogP contribution < -0.4 is 0 Å². The van der Waals surface area contributed by atoms with Crippen molar-refractivity contribution in [3.8, 4) is 0 Å². The van der Waals surface area contributed by atoms with E-state index >= 15 is 0 Å². The van der Waals surface area contributed by atoms with Gasteiger partial charge in [-0.3, -0.25) is 0 Å². The molecular weight excluding hydrogens is 226 g/mol. The lowest BCUT2D eigenvalue weighted by Gasteiger charge is -2.01. The lowest BCUT2D eigenvalue weighted by Crippen LogP contribution is -1.74. The predicted octanol–water partition coefficient (Wildman–Crippen LogP) is 4.63. The maximum absolute atomic E-state index is 3.30. The Hall–Kier alpha value is -1.67. The summed E-state index contributed by atoms with van der Waals surface area (Å²) in [5.74, 6) is 0. The zero-order valence-electron chi connectivity index (χ0n) is 9.60. The number of aryl methyl sites for hydroxylation is 1. The van der Waals surface area contributed by atoms with Crippen LogP contribution in [0.5, 0.6) is 0 Å². The molecule has 1 aromatic heterocycles. The molecular formula is C15H13NS. The van der Waals surface area contributed by atoms with Gasteiger partial charge in [-0.1, -0.05) is 47.7 Å². The molecule has 84 valence electrons. The summed E-state index contributed by atoms with van der Waals surface area (Å²) in [4.78, 5) is 5.87. The van der Waals surface area contributed by atoms with Gasteiger partial charge in [-0.05, 0) is 25.1 Å². The van der Waals surface area contributed by atoms with E-state index in [1.807, 2.05) is 0 Å². The lowest BCUT2D eigenvalue weighted by atomic mass is 10.2. The number of benzene rings is 2. The number of nitrogens with one attached hydrogen (secondary N) is 1. The average molecular weight is 239 g/mol. The molecule has 0 aliphatic rings. The molecule has 1 nitrogen and oxygen atoms in total. The minimum atomic E-state index is 1.20. The van der Waals surface area contributed by atoms with Crippen molar-refractivity contribution in [1.82, 2.24) is 4.98 Å². The van der Waals surface area contributed by atoms with Gasteiger partial charge in [-0.2, -0.15) is 0 Å². The minimum Gasteiger partial charge on any atom is -0.360 e. The van der Waals surface area contributed by atoms with E-state index in [2.05, 4.69) is 66.6 Å². The molecule has 3 rings (SSSR count). The molecule has 0 unspecified atom stereocenters. The van der Waals surface area contributed by atoms with Crippen molar-refractivity contribution < 1.29 is 0 Å². The summed E-state index contributed by atoms with van der Waals surface area (Å²) >= 11 is 1.81. The van der Waals surface area contributed by atoms with Crippen LogP contribution in [0.4, 0.5) is 0 Å². The second kappa shape index (κ2) is 4.30. The molecule has 0 saturated heterocycles. The average Bonchev–Trinajstić information content (AvgIpc) is 2.73. The smallest absolute Gasteiger partial charge is 0.0465 e. The van der Waals surface area contributed by atoms with Crippen molar-refractivity contribution in [2.75, 3.05) is 0 Å². The molecule has 0 aliphatic carbocycles. The summed E-state index contributed by atoms with van der Waals surface area (Å²) in [6, 6.07) is 17.0. The van der Waals surface area contributed by atoms with Crippen LogP contribution in [-0.2, 0) is 0 Å². The third-order valence-electron chi connectivity index (χ3n) is 2.77. The van der Waals surface area contributed by atoms with Crippen molar-refractivity contribution in [1.29, 1.82) is 0 Å². The van der Waals surface area contributed by atoms with Gasteiger partial charge in [0, 0.05) is 26.9 Å². The van der Waals surface area contributed by atoms with Gasteiger partial charge >= 0.3 is 0 Å². The highest BCUT2D eigenvalue weighted by molar-refractivity contribution is 7.99. The number of aromatic nitrogens is 1. The molecule has 0 aliphatic heterocycles. The molecule has 0 spiro atoms. The molecule has 2 aromatic carbocycles. The number of para-hydroxylation sites is 1. The van der Waals surface area contributed by atoms with E-state index in [0.717, 1.165) is 0 Å². The summed E-state index contributed by atoms with van der Waals surface area (Å²) in [6.45, 7) is 2.12. The van der Waals surface area contributed by atoms with Crippen LogP contribution in [0.15, 0.2) is 64.5 Å². The fraction of sp³-hybridized carbons (Fsp3) is 0.0667. The number of hydrogen-bond donors (Lipinski definition) is 1. The SMILES string of the molecule is Cc1cccc(Sc2c[nH]c3ccccc23)c1. The summed E-state index contributed by atoms with van der Waals surface area (Å²) in [6.07, 6.45) is 2.08. The molecule has 0 amide bonds. The quantitative estimate of drug-likeness (QED) is 0.689. The summed E-state index contributed by atoms with van der Waals surface area (Å²) in [7, 11) is 0. The number of H-pyrrole nitrogens is 1. The summed E-state index contributed by atoms with van der Waals surface area (Å²) in [5.41, 5.74) is 2.50. The van der Waals surface area contributed by atoms with E-state index in [0.29, 0.717) is 0 Å². The van der Waals surface area contributed by atoms with Gasteiger partial charge in [-0.15, -0.1) is 0 Å². The van der Waals surface area contributed by atoms with Gasteiger partial charge in [-0.25, -0.2) is 0 Å². The van der Waals surface area contributed by atoms with E-state index in [9.17, 15) is 0 Å². The zero-order valence-corrected chi connectivity index (χ0v) is 10.4. The van der Waals surface area contributed by atoms with E-state index in [4.69, 9.17) is 0 Å². The van der Waals surface area contributed by atoms with E-state index in [-0.39, 0.29) is 0 Å². The minimum absolute atomic E-state index is 1.20. The molecule has 0 saturated carbocycles. The second-order valence-corrected chi connectivity index (χ2v) is 5.23. The van der Waals surface area contributed by atoms with Crippen molar-refractivity contribution in [3.63, 3.8) is 0 Å². The summed E-state index contributed by atoms with van der Waals surface area (Å²) in [5, 5.41) is 1.29. The fourth-order valence-electron chi connectivity index (χ4n) is 1.94. The molecule has 0 bridgehead atoms. The highest BCUT2D eigenvalue weighted by Crippen LogP contribution is 2.33. The predicted molar refractivity (Wildman–Crippen MR) is 73.6 cm³/mol. The zero-order chi connectivity index (χ0) is 11.7. The second-order valence-electron chi connectivity index (χ2n) is 4.12. The van der Waals surface area contributed by atoms with E-state index in [1.165, 1.54) is 26.3 Å². The maximum Gasteiger partial charge on any atom is 0.0465 e. The van der Waals surface area contributed by atoms with Gasteiger partial charge in [0.25, 0.3) is 0 Å². The van der Waals surface area contributed by atoms with Crippen molar-refractivity contribution in [2.24, 2.45) is 0 Å². The molecule has 1 heterocycles. The Morgan fingerprint density at radius 3 is 2.76 bits per heavy atom. The Bertz CT molecular complexity index is 655. The Morgan fingerprint density at radius 2 is 1.88 bits per heavy atom. The van der Waals surface area contributed by atoms with Crippen LogP contribution in [0.2, 0.25) is 0 Å². The number of fused-ring (bicyclic) bond motifs is 1. The van der Waals surface area contributed by atoms with Crippen LogP contribution in [0.1, 0.15) is 5.56 Å². The highest BCUT2D eigenvalue weighted by Gasteiger charge is 2.04. The first-order valence-corrected chi connectivity index (χ1v) is 6.45. The maximum atomic E-state index is 3.30. The Morgan fingerprint density at radius 1 is 1.00 bits per heavy atom. The molecule has 1 N–H and O–H groups in total. The van der Waals surface area contributed by atoms with Crippen molar-refractivity contribution >= 4 is 22.7 Å². The Balaban J connectivity index is 2.00. The molecule has 3 aromatic rings. The summed E-state index contributed by atoms with van der Waals surface area (Å²) < 4.78 is 0. The van der Waals surface area contributed by atoms with Crippen molar-refractivity contribution in [3.05, 3.63) is 60.3 Å². The van der Waals surface area contributed by atoms with E-state index in [1.54, 1.807) is 11.8 Å². The van der Waals surface area contributed by atoms with Gasteiger partial charge in [0.2, 0.25) is 0 Å². The number of aromatic amines is 1. The van der Waals surface area contributed by atoms with Crippen LogP contribution in [0.3, 0.4) is 0 Å². The largest absolute Gasteiger partial charge is 0.360 e. The first kappa shape index (κ1) is 10.5. The van der Waals surface area contributed by atoms with Gasteiger partial charge in [0.1, 0.15) is 0 Å². The number of rotatable bonds is 2. The van der Waals surface area contributed by atoms with Gasteiger partial charge in [0.05, 0.1) is 0 Å². The molecule has 0 atom stereocenters. The van der Waals surface area contributed by atoms with Crippen LogP contribution in [-0.4, -0.2) is 4.98 Å². The molecule has 17 heavy (non-hydrogen) atoms. The topological polar surface area (TPSA) is 15.8 Å². The normalized spacial score (nSPS) is 10.9. The van der Waals surface area contributed by atoms with Gasteiger partial charge < -0.3 is 4.98 Å². The Kier molecular flexibility index (Phi) is 2.65. The molecule has 2 heteroatoms. The van der Waals surface area contributed by atoms with Crippen LogP contribution >= 0.6 is 11.8 Å². The highest BCUT2D eigenvalue weighted by atomic mass is 32.2. The lowest BCUT2D eigenvalue weighted by molar-refractivity contribution is 1.35. The standard InChI is InChI=1S/C15H13NS/c1-11-5-4-6-12(9-11)17-15-10-16-14-8-3-2-7-13(14)15/h2-10,16H,1H3. The van der Waals surface area contributed by atoms with Crippen molar-refractivity contribution in [2.45, 2.75) is 16.7 Å². The molecule has 0 fully saturated rings. The van der Waals surface area contributed by atoms with Crippen LogP contribution in [0, 0.1) is 6.92 Å². The first-order valence-electron chi connectivity index (χ1n) is 5.63. The fourth-order valence-corrected chi connectivity index (χ4v) is 2.99. The van der Waals surface area contributed by atoms with E-state index < -0.39 is 0 Å².